The van der Waals surface area contributed by atoms with Crippen LogP contribution < -0.4 is 0 Å². The minimum absolute atomic E-state index is 0.0610. The van der Waals surface area contributed by atoms with Gasteiger partial charge in [0, 0.05) is 0 Å². The number of benzene rings is 1. The molecule has 1 aromatic carbocycles. The van der Waals surface area contributed by atoms with Crippen molar-refractivity contribution in [3.63, 3.8) is 0 Å². The van der Waals surface area contributed by atoms with Crippen molar-refractivity contribution < 1.29 is 14.3 Å². The van der Waals surface area contributed by atoms with Crippen molar-refractivity contribution in [3.05, 3.63) is 34.6 Å². The second-order valence-corrected chi connectivity index (χ2v) is 6.29. The normalized spacial score (nSPS) is 26.4. The molecule has 1 aromatic rings. The van der Waals surface area contributed by atoms with Gasteiger partial charge in [0.05, 0.1) is 10.4 Å². The van der Waals surface area contributed by atoms with Crippen LogP contribution in [0.5, 0.6) is 0 Å². The molecule has 1 aliphatic carbocycles. The lowest BCUT2D eigenvalue weighted by Gasteiger charge is -2.37. The molecule has 0 aromatic heterocycles. The van der Waals surface area contributed by atoms with Crippen LogP contribution in [0, 0.1) is 17.2 Å². The topological polar surface area (TPSA) is 37.3 Å². The summed E-state index contributed by atoms with van der Waals surface area (Å²) in [7, 11) is 0. The van der Waals surface area contributed by atoms with Gasteiger partial charge < -0.3 is 5.11 Å². The standard InChI is InChI=1S/C16H20ClFO2/c1-2-11-4-3-7-16(9-11,15(19)20)10-12-5-6-14(18)13(17)8-12/h5-6,8,11H,2-4,7,9-10H2,1H3,(H,19,20). The number of halogens is 2. The van der Waals surface area contributed by atoms with E-state index in [1.807, 2.05) is 0 Å². The number of carbonyl (C=O) groups is 1. The van der Waals surface area contributed by atoms with Crippen LogP contribution in [0.15, 0.2) is 18.2 Å². The molecule has 0 spiro atoms. The van der Waals surface area contributed by atoms with E-state index in [1.165, 1.54) is 6.07 Å². The molecule has 1 N–H and O–H groups in total. The minimum atomic E-state index is -0.740. The van der Waals surface area contributed by atoms with Crippen LogP contribution >= 0.6 is 11.6 Å². The zero-order valence-corrected chi connectivity index (χ0v) is 12.4. The molecule has 0 bridgehead atoms. The molecular formula is C16H20ClFO2. The number of carboxylic acid groups (broad SMARTS) is 1. The molecule has 2 atom stereocenters. The van der Waals surface area contributed by atoms with Crippen LogP contribution in [-0.2, 0) is 11.2 Å². The van der Waals surface area contributed by atoms with E-state index < -0.39 is 17.2 Å². The van der Waals surface area contributed by atoms with E-state index in [1.54, 1.807) is 12.1 Å². The van der Waals surface area contributed by atoms with Gasteiger partial charge in [-0.3, -0.25) is 4.79 Å². The van der Waals surface area contributed by atoms with E-state index in [0.29, 0.717) is 25.2 Å². The maximum absolute atomic E-state index is 13.2. The fraction of sp³-hybridized carbons (Fsp3) is 0.562. The first-order valence-electron chi connectivity index (χ1n) is 7.14. The molecule has 4 heteroatoms. The van der Waals surface area contributed by atoms with Crippen molar-refractivity contribution in [2.24, 2.45) is 11.3 Å². The Morgan fingerprint density at radius 1 is 1.55 bits per heavy atom. The summed E-state index contributed by atoms with van der Waals surface area (Å²) in [6, 6.07) is 4.51. The molecule has 20 heavy (non-hydrogen) atoms. The molecule has 0 amide bonds. The predicted octanol–water partition coefficient (Wildman–Crippen LogP) is 4.69. The van der Waals surface area contributed by atoms with Gasteiger partial charge >= 0.3 is 5.97 Å². The lowest BCUT2D eigenvalue weighted by Crippen LogP contribution is -2.38. The van der Waals surface area contributed by atoms with Crippen molar-refractivity contribution >= 4 is 17.6 Å². The molecule has 1 saturated carbocycles. The molecule has 0 heterocycles. The summed E-state index contributed by atoms with van der Waals surface area (Å²) in [6.07, 6.45) is 4.88. The Morgan fingerprint density at radius 2 is 2.30 bits per heavy atom. The number of hydrogen-bond donors (Lipinski definition) is 1. The molecule has 0 saturated heterocycles. The van der Waals surface area contributed by atoms with Gasteiger partial charge in [-0.05, 0) is 42.9 Å². The molecule has 1 aliphatic rings. The largest absolute Gasteiger partial charge is 0.481 e. The third-order valence-electron chi connectivity index (χ3n) is 4.50. The van der Waals surface area contributed by atoms with E-state index >= 15 is 0 Å². The molecule has 2 nitrogen and oxygen atoms in total. The first kappa shape index (κ1) is 15.3. The van der Waals surface area contributed by atoms with Gasteiger partial charge in [0.2, 0.25) is 0 Å². The lowest BCUT2D eigenvalue weighted by molar-refractivity contribution is -0.152. The molecule has 2 rings (SSSR count). The summed E-state index contributed by atoms with van der Waals surface area (Å²) < 4.78 is 13.2. The summed E-state index contributed by atoms with van der Waals surface area (Å²) in [6.45, 7) is 2.11. The molecule has 0 radical (unpaired) electrons. The number of rotatable bonds is 4. The van der Waals surface area contributed by atoms with Crippen LogP contribution in [-0.4, -0.2) is 11.1 Å². The second-order valence-electron chi connectivity index (χ2n) is 5.88. The summed E-state index contributed by atoms with van der Waals surface area (Å²) >= 11 is 5.79. The highest BCUT2D eigenvalue weighted by atomic mass is 35.5. The summed E-state index contributed by atoms with van der Waals surface area (Å²) in [5, 5.41) is 9.74. The molecule has 1 fully saturated rings. The van der Waals surface area contributed by atoms with Crippen LogP contribution in [0.3, 0.4) is 0 Å². The third kappa shape index (κ3) is 3.14. The third-order valence-corrected chi connectivity index (χ3v) is 4.79. The van der Waals surface area contributed by atoms with Crippen molar-refractivity contribution in [3.8, 4) is 0 Å². The van der Waals surface area contributed by atoms with Crippen LogP contribution in [0.1, 0.15) is 44.6 Å². The molecule has 2 unspecified atom stereocenters. The maximum Gasteiger partial charge on any atom is 0.309 e. The van der Waals surface area contributed by atoms with Gasteiger partial charge in [-0.1, -0.05) is 43.9 Å². The first-order valence-corrected chi connectivity index (χ1v) is 7.52. The minimum Gasteiger partial charge on any atom is -0.481 e. The SMILES string of the molecule is CCC1CCCC(Cc2ccc(F)c(Cl)c2)(C(=O)O)C1. The van der Waals surface area contributed by atoms with Crippen LogP contribution in [0.25, 0.3) is 0 Å². The average Bonchev–Trinajstić information content (AvgIpc) is 2.43. The summed E-state index contributed by atoms with van der Waals surface area (Å²) in [5.41, 5.74) is 0.0793. The van der Waals surface area contributed by atoms with Crippen molar-refractivity contribution in [2.75, 3.05) is 0 Å². The van der Waals surface area contributed by atoms with Crippen LogP contribution in [0.4, 0.5) is 4.39 Å². The van der Waals surface area contributed by atoms with Crippen molar-refractivity contribution in [2.45, 2.75) is 45.4 Å². The first-order chi connectivity index (χ1) is 9.47. The van der Waals surface area contributed by atoms with Gasteiger partial charge in [-0.2, -0.15) is 0 Å². The summed E-state index contributed by atoms with van der Waals surface area (Å²) in [4.78, 5) is 11.8. The maximum atomic E-state index is 13.2. The Labute approximate surface area is 123 Å². The summed E-state index contributed by atoms with van der Waals surface area (Å²) in [5.74, 6) is -0.735. The smallest absolute Gasteiger partial charge is 0.309 e. The average molecular weight is 299 g/mol. The van der Waals surface area contributed by atoms with Gasteiger partial charge in [-0.25, -0.2) is 4.39 Å². The number of aliphatic carboxylic acids is 1. The van der Waals surface area contributed by atoms with E-state index in [0.717, 1.165) is 24.8 Å². The second kappa shape index (κ2) is 6.13. The Hall–Kier alpha value is -1.09. The Morgan fingerprint density at radius 3 is 2.90 bits per heavy atom. The van der Waals surface area contributed by atoms with Gasteiger partial charge in [0.1, 0.15) is 5.82 Å². The highest BCUT2D eigenvalue weighted by Gasteiger charge is 2.42. The van der Waals surface area contributed by atoms with Crippen molar-refractivity contribution in [1.29, 1.82) is 0 Å². The molecule has 0 aliphatic heterocycles. The zero-order chi connectivity index (χ0) is 14.8. The van der Waals surface area contributed by atoms with Gasteiger partial charge in [0.15, 0.2) is 0 Å². The van der Waals surface area contributed by atoms with E-state index in [4.69, 9.17) is 11.6 Å². The van der Waals surface area contributed by atoms with E-state index in [9.17, 15) is 14.3 Å². The van der Waals surface area contributed by atoms with Crippen LogP contribution in [0.2, 0.25) is 5.02 Å². The lowest BCUT2D eigenvalue weighted by atomic mass is 9.66. The fourth-order valence-electron chi connectivity index (χ4n) is 3.31. The Balaban J connectivity index is 2.24. The molecular weight excluding hydrogens is 279 g/mol. The zero-order valence-electron chi connectivity index (χ0n) is 11.7. The number of carboxylic acids is 1. The van der Waals surface area contributed by atoms with Crippen molar-refractivity contribution in [1.82, 2.24) is 0 Å². The van der Waals surface area contributed by atoms with Gasteiger partial charge in [-0.15, -0.1) is 0 Å². The Bertz CT molecular complexity index is 503. The van der Waals surface area contributed by atoms with E-state index in [2.05, 4.69) is 6.92 Å². The fourth-order valence-corrected chi connectivity index (χ4v) is 3.51. The highest BCUT2D eigenvalue weighted by molar-refractivity contribution is 6.30. The monoisotopic (exact) mass is 298 g/mol. The molecule has 110 valence electrons. The quantitative estimate of drug-likeness (QED) is 0.875. The van der Waals surface area contributed by atoms with E-state index in [-0.39, 0.29) is 5.02 Å². The Kier molecular flexibility index (Phi) is 4.69. The predicted molar refractivity (Wildman–Crippen MR) is 77.4 cm³/mol. The highest BCUT2D eigenvalue weighted by Crippen LogP contribution is 2.43. The van der Waals surface area contributed by atoms with Gasteiger partial charge in [0.25, 0.3) is 0 Å². The number of hydrogen-bond acceptors (Lipinski definition) is 1.